The van der Waals surface area contributed by atoms with Crippen LogP contribution in [0.1, 0.15) is 0 Å². The van der Waals surface area contributed by atoms with Gasteiger partial charge in [0.2, 0.25) is 0 Å². The normalized spacial score (nSPS) is 19.3. The van der Waals surface area contributed by atoms with Gasteiger partial charge in [-0.05, 0) is 12.1 Å². The standard InChI is InChI=1S/C8H6S4/c1-5-7(11-3-9-5)2-8-6(1)10-4-12-8/h1-2H,3-4H2. The summed E-state index contributed by atoms with van der Waals surface area (Å²) in [5.74, 6) is 0. The number of benzene rings is 1. The van der Waals surface area contributed by atoms with Gasteiger partial charge in [-0.3, -0.25) is 0 Å². The molecule has 0 fully saturated rings. The van der Waals surface area contributed by atoms with E-state index in [2.05, 4.69) is 12.1 Å². The maximum Gasteiger partial charge on any atom is 0.0487 e. The first-order chi connectivity index (χ1) is 5.93. The van der Waals surface area contributed by atoms with Crippen LogP contribution in [0, 0.1) is 0 Å². The second-order valence-corrected chi connectivity index (χ2v) is 7.36. The molecule has 0 radical (unpaired) electrons. The van der Waals surface area contributed by atoms with Crippen molar-refractivity contribution in [1.29, 1.82) is 0 Å². The minimum Gasteiger partial charge on any atom is -0.114 e. The molecule has 0 aromatic heterocycles. The lowest BCUT2D eigenvalue weighted by Gasteiger charge is -2.00. The van der Waals surface area contributed by atoms with Crippen LogP contribution >= 0.6 is 47.0 Å². The average Bonchev–Trinajstić information content (AvgIpc) is 2.64. The molecule has 2 aliphatic rings. The molecule has 0 amide bonds. The summed E-state index contributed by atoms with van der Waals surface area (Å²) >= 11 is 7.90. The largest absolute Gasteiger partial charge is 0.114 e. The van der Waals surface area contributed by atoms with Gasteiger partial charge >= 0.3 is 0 Å². The van der Waals surface area contributed by atoms with Gasteiger partial charge in [0.25, 0.3) is 0 Å². The highest BCUT2D eigenvalue weighted by molar-refractivity contribution is 8.19. The SMILES string of the molecule is c1c2c(cc3c1SCS3)SCS2. The van der Waals surface area contributed by atoms with Crippen molar-refractivity contribution in [3.8, 4) is 0 Å². The maximum atomic E-state index is 2.36. The second kappa shape index (κ2) is 3.08. The van der Waals surface area contributed by atoms with E-state index in [0.29, 0.717) is 0 Å². The predicted octanol–water partition coefficient (Wildman–Crippen LogP) is 4.00. The van der Waals surface area contributed by atoms with E-state index in [-0.39, 0.29) is 0 Å². The van der Waals surface area contributed by atoms with Crippen molar-refractivity contribution in [2.75, 3.05) is 10.2 Å². The number of hydrogen-bond acceptors (Lipinski definition) is 4. The summed E-state index contributed by atoms with van der Waals surface area (Å²) in [5.41, 5.74) is 0. The van der Waals surface area contributed by atoms with Crippen molar-refractivity contribution in [3.05, 3.63) is 12.1 Å². The van der Waals surface area contributed by atoms with Crippen LogP contribution in [-0.4, -0.2) is 10.2 Å². The van der Waals surface area contributed by atoms with Gasteiger partial charge < -0.3 is 0 Å². The Morgan fingerprint density at radius 1 is 0.667 bits per heavy atom. The van der Waals surface area contributed by atoms with Gasteiger partial charge in [-0.1, -0.05) is 0 Å². The molecule has 0 aliphatic carbocycles. The van der Waals surface area contributed by atoms with Crippen LogP contribution in [0.3, 0.4) is 0 Å². The summed E-state index contributed by atoms with van der Waals surface area (Å²) in [6, 6.07) is 4.72. The molecule has 0 bridgehead atoms. The van der Waals surface area contributed by atoms with E-state index in [9.17, 15) is 0 Å². The molecule has 0 unspecified atom stereocenters. The Balaban J connectivity index is 2.18. The van der Waals surface area contributed by atoms with Gasteiger partial charge in [0, 0.05) is 29.8 Å². The van der Waals surface area contributed by atoms with Crippen molar-refractivity contribution in [2.45, 2.75) is 19.6 Å². The van der Waals surface area contributed by atoms with Gasteiger partial charge in [0.15, 0.2) is 0 Å². The predicted molar refractivity (Wildman–Crippen MR) is 59.6 cm³/mol. The van der Waals surface area contributed by atoms with Gasteiger partial charge in [0.1, 0.15) is 0 Å². The van der Waals surface area contributed by atoms with Gasteiger partial charge in [-0.15, -0.1) is 47.0 Å². The van der Waals surface area contributed by atoms with Crippen LogP contribution in [0.25, 0.3) is 0 Å². The molecule has 0 spiro atoms. The lowest BCUT2D eigenvalue weighted by molar-refractivity contribution is 1.11. The van der Waals surface area contributed by atoms with Crippen molar-refractivity contribution in [3.63, 3.8) is 0 Å². The van der Waals surface area contributed by atoms with Crippen molar-refractivity contribution >= 4 is 47.0 Å². The highest BCUT2D eigenvalue weighted by Gasteiger charge is 2.19. The van der Waals surface area contributed by atoms with Crippen LogP contribution in [0.2, 0.25) is 0 Å². The van der Waals surface area contributed by atoms with Crippen molar-refractivity contribution in [1.82, 2.24) is 0 Å². The molecule has 1 aromatic rings. The monoisotopic (exact) mass is 230 g/mol. The lowest BCUT2D eigenvalue weighted by atomic mass is 10.3. The quantitative estimate of drug-likeness (QED) is 0.660. The van der Waals surface area contributed by atoms with Crippen molar-refractivity contribution in [2.24, 2.45) is 0 Å². The zero-order valence-electron chi connectivity index (χ0n) is 6.20. The van der Waals surface area contributed by atoms with E-state index in [1.807, 2.05) is 47.0 Å². The van der Waals surface area contributed by atoms with Gasteiger partial charge in [0.05, 0.1) is 0 Å². The molecule has 0 saturated carbocycles. The number of rotatable bonds is 0. The number of fused-ring (bicyclic) bond motifs is 2. The molecular formula is C8H6S4. The first kappa shape index (κ1) is 7.97. The van der Waals surface area contributed by atoms with E-state index in [1.54, 1.807) is 0 Å². The Morgan fingerprint density at radius 2 is 1.00 bits per heavy atom. The first-order valence-electron chi connectivity index (χ1n) is 3.63. The van der Waals surface area contributed by atoms with Crippen LogP contribution in [-0.2, 0) is 0 Å². The third-order valence-electron chi connectivity index (χ3n) is 1.87. The first-order valence-corrected chi connectivity index (χ1v) is 7.57. The Kier molecular flexibility index (Phi) is 2.05. The highest BCUT2D eigenvalue weighted by atomic mass is 32.2. The van der Waals surface area contributed by atoms with Gasteiger partial charge in [-0.2, -0.15) is 0 Å². The highest BCUT2D eigenvalue weighted by Crippen LogP contribution is 2.50. The summed E-state index contributed by atoms with van der Waals surface area (Å²) < 4.78 is 0. The molecule has 0 saturated heterocycles. The zero-order valence-corrected chi connectivity index (χ0v) is 9.47. The third kappa shape index (κ3) is 1.20. The second-order valence-electron chi connectivity index (χ2n) is 2.56. The molecule has 62 valence electrons. The minimum absolute atomic E-state index is 1.20. The summed E-state index contributed by atoms with van der Waals surface area (Å²) in [6.45, 7) is 0. The van der Waals surface area contributed by atoms with E-state index in [4.69, 9.17) is 0 Å². The number of thioether (sulfide) groups is 4. The summed E-state index contributed by atoms with van der Waals surface area (Å²) in [6.07, 6.45) is 0. The molecule has 3 rings (SSSR count). The van der Waals surface area contributed by atoms with Crippen LogP contribution in [0.4, 0.5) is 0 Å². The molecule has 0 N–H and O–H groups in total. The molecule has 2 aliphatic heterocycles. The average molecular weight is 230 g/mol. The Bertz CT molecular complexity index is 274. The fraction of sp³-hybridized carbons (Fsp3) is 0.250. The van der Waals surface area contributed by atoms with E-state index in [0.717, 1.165) is 0 Å². The Labute approximate surface area is 88.6 Å². The fourth-order valence-corrected chi connectivity index (χ4v) is 6.26. The van der Waals surface area contributed by atoms with Crippen LogP contribution < -0.4 is 0 Å². The third-order valence-corrected chi connectivity index (χ3v) is 6.61. The van der Waals surface area contributed by atoms with Gasteiger partial charge in [-0.25, -0.2) is 0 Å². The Hall–Kier alpha value is 0.620. The molecule has 0 atom stereocenters. The van der Waals surface area contributed by atoms with E-state index < -0.39 is 0 Å². The Morgan fingerprint density at radius 3 is 1.33 bits per heavy atom. The molecule has 4 heteroatoms. The van der Waals surface area contributed by atoms with Crippen LogP contribution in [0.15, 0.2) is 31.7 Å². The summed E-state index contributed by atoms with van der Waals surface area (Å²) in [5, 5.41) is 2.40. The summed E-state index contributed by atoms with van der Waals surface area (Å²) in [7, 11) is 0. The maximum absolute atomic E-state index is 2.36. The topological polar surface area (TPSA) is 0 Å². The molecule has 12 heavy (non-hydrogen) atoms. The lowest BCUT2D eigenvalue weighted by Crippen LogP contribution is -1.74. The van der Waals surface area contributed by atoms with Crippen molar-refractivity contribution < 1.29 is 0 Å². The number of hydrogen-bond donors (Lipinski definition) is 0. The summed E-state index contributed by atoms with van der Waals surface area (Å²) in [4.78, 5) is 5.98. The zero-order chi connectivity index (χ0) is 7.97. The smallest absolute Gasteiger partial charge is 0.0487 e. The fourth-order valence-electron chi connectivity index (χ4n) is 1.29. The molecule has 2 heterocycles. The van der Waals surface area contributed by atoms with E-state index in [1.165, 1.54) is 29.8 Å². The minimum atomic E-state index is 1.20. The molecular weight excluding hydrogens is 224 g/mol. The molecule has 0 nitrogen and oxygen atoms in total. The molecule has 1 aromatic carbocycles. The van der Waals surface area contributed by atoms with E-state index >= 15 is 0 Å². The van der Waals surface area contributed by atoms with Crippen LogP contribution in [0.5, 0.6) is 0 Å².